The Labute approximate surface area is 165 Å². The summed E-state index contributed by atoms with van der Waals surface area (Å²) in [5.74, 6) is -0.102. The number of aryl methyl sites for hydroxylation is 1. The first-order valence-corrected chi connectivity index (χ1v) is 8.81. The Morgan fingerprint density at radius 2 is 1.93 bits per heavy atom. The van der Waals surface area contributed by atoms with E-state index in [4.69, 9.17) is 11.6 Å². The van der Waals surface area contributed by atoms with E-state index < -0.39 is 23.1 Å². The highest BCUT2D eigenvalue weighted by Gasteiger charge is 2.36. The minimum absolute atomic E-state index is 0.0128. The predicted octanol–water partition coefficient (Wildman–Crippen LogP) is 3.87. The number of nitrogens with one attached hydrogen (secondary N) is 2. The van der Waals surface area contributed by atoms with Crippen molar-refractivity contribution in [3.05, 3.63) is 52.1 Å². The van der Waals surface area contributed by atoms with Crippen molar-refractivity contribution in [2.75, 3.05) is 13.6 Å². The number of hydrogen-bond donors (Lipinski definition) is 2. The topological polar surface area (TPSA) is 54.2 Å². The minimum Gasteiger partial charge on any atom is -0.356 e. The van der Waals surface area contributed by atoms with Gasteiger partial charge in [-0.1, -0.05) is 31.5 Å². The summed E-state index contributed by atoms with van der Waals surface area (Å²) in [6, 6.07) is 4.19. The molecule has 0 amide bonds. The van der Waals surface area contributed by atoms with Crippen molar-refractivity contribution in [2.45, 2.75) is 32.0 Å². The van der Waals surface area contributed by atoms with Crippen molar-refractivity contribution < 1.29 is 17.6 Å². The van der Waals surface area contributed by atoms with Gasteiger partial charge in [0.2, 0.25) is 0 Å². The maximum absolute atomic E-state index is 13.3. The van der Waals surface area contributed by atoms with Crippen molar-refractivity contribution in [3.63, 3.8) is 0 Å². The van der Waals surface area contributed by atoms with Crippen LogP contribution >= 0.6 is 11.6 Å². The average Bonchev–Trinajstić information content (AvgIpc) is 2.95. The van der Waals surface area contributed by atoms with E-state index in [9.17, 15) is 17.6 Å². The monoisotopic (exact) mass is 419 g/mol. The molecule has 28 heavy (non-hydrogen) atoms. The molecule has 0 unspecified atom stereocenters. The van der Waals surface area contributed by atoms with Crippen LogP contribution in [-0.2, 0) is 25.2 Å². The zero-order chi connectivity index (χ0) is 21.1. The van der Waals surface area contributed by atoms with Crippen LogP contribution in [0.4, 0.5) is 17.6 Å². The Morgan fingerprint density at radius 3 is 2.50 bits per heavy atom. The fourth-order valence-corrected chi connectivity index (χ4v) is 3.17. The van der Waals surface area contributed by atoms with Crippen LogP contribution in [0.15, 0.2) is 29.4 Å². The molecule has 10 heteroatoms. The molecule has 2 rings (SSSR count). The maximum Gasteiger partial charge on any atom is 0.435 e. The summed E-state index contributed by atoms with van der Waals surface area (Å²) in [4.78, 5) is 4.03. The number of halogens is 5. The maximum atomic E-state index is 13.3. The van der Waals surface area contributed by atoms with Crippen LogP contribution in [0.5, 0.6) is 0 Å². The third-order valence-corrected chi connectivity index (χ3v) is 4.51. The van der Waals surface area contributed by atoms with Crippen LogP contribution < -0.4 is 10.6 Å². The minimum atomic E-state index is -4.53. The second kappa shape index (κ2) is 8.38. The predicted molar refractivity (Wildman–Crippen MR) is 101 cm³/mol. The van der Waals surface area contributed by atoms with Crippen molar-refractivity contribution in [3.8, 4) is 0 Å². The van der Waals surface area contributed by atoms with E-state index in [2.05, 4.69) is 20.7 Å². The summed E-state index contributed by atoms with van der Waals surface area (Å²) in [6.45, 7) is 4.10. The van der Waals surface area contributed by atoms with Gasteiger partial charge in [-0.25, -0.2) is 4.39 Å². The van der Waals surface area contributed by atoms with Crippen LogP contribution in [0.3, 0.4) is 0 Å². The van der Waals surface area contributed by atoms with Gasteiger partial charge in [0.1, 0.15) is 5.82 Å². The number of nitrogens with zero attached hydrogens (tertiary/aromatic N) is 3. The third-order valence-electron chi connectivity index (χ3n) is 4.20. The fourth-order valence-electron chi connectivity index (χ4n) is 2.74. The number of rotatable bonds is 5. The standard InChI is InChI=1S/C18H22ClF4N5/c1-17(2,13-6-5-12(20)7-14(13)19)10-26-16(24-3)25-8-11-9-28(4)27-15(11)18(21,22)23/h5-7,9H,8,10H2,1-4H3,(H2,24,25,26). The highest BCUT2D eigenvalue weighted by molar-refractivity contribution is 6.31. The zero-order valence-corrected chi connectivity index (χ0v) is 16.7. The van der Waals surface area contributed by atoms with Gasteiger partial charge in [0.15, 0.2) is 11.7 Å². The first-order chi connectivity index (χ1) is 12.9. The molecule has 1 aromatic carbocycles. The van der Waals surface area contributed by atoms with Gasteiger partial charge < -0.3 is 10.6 Å². The quantitative estimate of drug-likeness (QED) is 0.439. The lowest BCUT2D eigenvalue weighted by atomic mass is 9.84. The number of benzene rings is 1. The van der Waals surface area contributed by atoms with E-state index in [0.717, 1.165) is 10.2 Å². The molecule has 0 bridgehead atoms. The van der Waals surface area contributed by atoms with Crippen molar-refractivity contribution in [1.82, 2.24) is 20.4 Å². The highest BCUT2D eigenvalue weighted by atomic mass is 35.5. The summed E-state index contributed by atoms with van der Waals surface area (Å²) < 4.78 is 53.5. The number of alkyl halides is 3. The molecule has 0 aliphatic carbocycles. The Morgan fingerprint density at radius 1 is 1.25 bits per heavy atom. The van der Waals surface area contributed by atoms with Gasteiger partial charge in [-0.05, 0) is 17.7 Å². The van der Waals surface area contributed by atoms with Gasteiger partial charge in [0.25, 0.3) is 0 Å². The zero-order valence-electron chi connectivity index (χ0n) is 16.0. The SMILES string of the molecule is CN=C(NCc1cn(C)nc1C(F)(F)F)NCC(C)(C)c1ccc(F)cc1Cl. The van der Waals surface area contributed by atoms with Crippen molar-refractivity contribution >= 4 is 17.6 Å². The molecule has 5 nitrogen and oxygen atoms in total. The molecule has 0 radical (unpaired) electrons. The molecule has 0 fully saturated rings. The smallest absolute Gasteiger partial charge is 0.356 e. The lowest BCUT2D eigenvalue weighted by Crippen LogP contribution is -2.43. The third kappa shape index (κ3) is 5.37. The lowest BCUT2D eigenvalue weighted by Gasteiger charge is -2.27. The second-order valence-corrected chi connectivity index (χ2v) is 7.37. The fraction of sp³-hybridized carbons (Fsp3) is 0.444. The highest BCUT2D eigenvalue weighted by Crippen LogP contribution is 2.31. The van der Waals surface area contributed by atoms with Gasteiger partial charge >= 0.3 is 6.18 Å². The first-order valence-electron chi connectivity index (χ1n) is 8.44. The van der Waals surface area contributed by atoms with E-state index in [1.807, 2.05) is 13.8 Å². The molecule has 0 saturated heterocycles. The van der Waals surface area contributed by atoms with E-state index in [1.54, 1.807) is 6.07 Å². The molecular weight excluding hydrogens is 398 g/mol. The Balaban J connectivity index is 2.04. The largest absolute Gasteiger partial charge is 0.435 e. The van der Waals surface area contributed by atoms with Crippen molar-refractivity contribution in [1.29, 1.82) is 0 Å². The summed E-state index contributed by atoms with van der Waals surface area (Å²) in [6.07, 6.45) is -3.22. The molecule has 2 aromatic rings. The summed E-state index contributed by atoms with van der Waals surface area (Å²) in [7, 11) is 2.95. The Bertz CT molecular complexity index is 858. The molecular formula is C18H22ClF4N5. The van der Waals surface area contributed by atoms with Crippen LogP contribution in [0, 0.1) is 5.82 Å². The van der Waals surface area contributed by atoms with E-state index >= 15 is 0 Å². The molecule has 0 atom stereocenters. The van der Waals surface area contributed by atoms with E-state index in [1.165, 1.54) is 32.4 Å². The molecule has 2 N–H and O–H groups in total. The molecule has 0 saturated carbocycles. The molecule has 1 heterocycles. The average molecular weight is 420 g/mol. The van der Waals surface area contributed by atoms with Gasteiger partial charge in [0.05, 0.1) is 0 Å². The Hall–Kier alpha value is -2.29. The van der Waals surface area contributed by atoms with E-state index in [-0.39, 0.29) is 12.1 Å². The van der Waals surface area contributed by atoms with Gasteiger partial charge in [-0.2, -0.15) is 18.3 Å². The van der Waals surface area contributed by atoms with Crippen LogP contribution in [0.25, 0.3) is 0 Å². The number of aromatic nitrogens is 2. The summed E-state index contributed by atoms with van der Waals surface area (Å²) >= 11 is 6.14. The van der Waals surface area contributed by atoms with Crippen LogP contribution in [-0.4, -0.2) is 29.3 Å². The lowest BCUT2D eigenvalue weighted by molar-refractivity contribution is -0.142. The van der Waals surface area contributed by atoms with Crippen LogP contribution in [0.2, 0.25) is 5.02 Å². The number of hydrogen-bond acceptors (Lipinski definition) is 2. The van der Waals surface area contributed by atoms with Crippen LogP contribution in [0.1, 0.15) is 30.7 Å². The molecule has 0 aliphatic heterocycles. The second-order valence-electron chi connectivity index (χ2n) is 6.96. The number of aliphatic imine (C=N–C) groups is 1. The van der Waals surface area contributed by atoms with E-state index in [0.29, 0.717) is 17.5 Å². The molecule has 154 valence electrons. The van der Waals surface area contributed by atoms with Gasteiger partial charge in [-0.15, -0.1) is 0 Å². The first kappa shape index (κ1) is 22.0. The van der Waals surface area contributed by atoms with Gasteiger partial charge in [-0.3, -0.25) is 9.67 Å². The summed E-state index contributed by atoms with van der Waals surface area (Å²) in [5, 5.41) is 9.69. The molecule has 0 spiro atoms. The summed E-state index contributed by atoms with van der Waals surface area (Å²) in [5.41, 5.74) is -0.659. The normalized spacial score (nSPS) is 13.0. The Kier molecular flexibility index (Phi) is 6.59. The number of guanidine groups is 1. The molecule has 0 aliphatic rings. The van der Waals surface area contributed by atoms with Gasteiger partial charge in [0, 0.05) is 49.4 Å². The molecule has 1 aromatic heterocycles. The van der Waals surface area contributed by atoms with Crippen molar-refractivity contribution in [2.24, 2.45) is 12.0 Å².